The van der Waals surface area contributed by atoms with Crippen LogP contribution in [0.5, 0.6) is 0 Å². The molecular weight excluding hydrogens is 1140 g/mol. The Bertz CT molecular complexity index is 5330. The van der Waals surface area contributed by atoms with Crippen molar-refractivity contribution < 1.29 is 0 Å². The van der Waals surface area contributed by atoms with Crippen LogP contribution in [-0.4, -0.2) is 6.71 Å². The lowest BCUT2D eigenvalue weighted by molar-refractivity contribution is 0.590. The predicted octanol–water partition coefficient (Wildman–Crippen LogP) is 23.7. The van der Waals surface area contributed by atoms with Crippen molar-refractivity contribution >= 4 is 100 Å². The Morgan fingerprint density at radius 3 is 1.01 bits per heavy atom. The van der Waals surface area contributed by atoms with E-state index >= 15 is 0 Å². The summed E-state index contributed by atoms with van der Waals surface area (Å²) in [4.78, 5) is 5.43. The maximum atomic E-state index is 2.72. The molecular formula is C92H75BN2. The summed E-state index contributed by atoms with van der Waals surface area (Å²) < 4.78 is 0. The van der Waals surface area contributed by atoms with Crippen molar-refractivity contribution in [3.05, 3.63) is 308 Å². The Morgan fingerprint density at radius 2 is 0.589 bits per heavy atom. The minimum absolute atomic E-state index is 0.160. The second-order valence-electron chi connectivity index (χ2n) is 29.6. The quantitative estimate of drug-likeness (QED) is 0.0850. The van der Waals surface area contributed by atoms with Crippen LogP contribution in [0.1, 0.15) is 79.0 Å². The lowest BCUT2D eigenvalue weighted by atomic mass is 9.33. The molecule has 2 aliphatic rings. The number of anilines is 6. The minimum Gasteiger partial charge on any atom is -0.310 e. The van der Waals surface area contributed by atoms with Crippen molar-refractivity contribution in [2.75, 3.05) is 9.80 Å². The number of nitrogens with zero attached hydrogens (tertiary/aromatic N) is 2. The maximum Gasteiger partial charge on any atom is 0.252 e. The average molecular weight is 1220 g/mol. The van der Waals surface area contributed by atoms with Gasteiger partial charge in [0.2, 0.25) is 0 Å². The summed E-state index contributed by atoms with van der Waals surface area (Å²) in [5.74, 6) is 0. The fourth-order valence-electron chi connectivity index (χ4n) is 15.8. The van der Waals surface area contributed by atoms with E-state index in [1.165, 1.54) is 166 Å². The fraction of sp³-hybridized carbons (Fsp3) is 0.130. The second kappa shape index (κ2) is 21.9. The Kier molecular flexibility index (Phi) is 13.4. The molecule has 2 heterocycles. The van der Waals surface area contributed by atoms with Gasteiger partial charge in [-0.15, -0.1) is 0 Å². The first-order chi connectivity index (χ1) is 46.0. The molecule has 0 saturated carbocycles. The maximum absolute atomic E-state index is 2.72. The van der Waals surface area contributed by atoms with E-state index in [2.05, 4.69) is 363 Å². The Hall–Kier alpha value is -10.7. The summed E-state index contributed by atoms with van der Waals surface area (Å²) >= 11 is 0. The van der Waals surface area contributed by atoms with Crippen molar-refractivity contribution in [1.82, 2.24) is 0 Å². The molecule has 3 heteroatoms. The smallest absolute Gasteiger partial charge is 0.252 e. The summed E-state index contributed by atoms with van der Waals surface area (Å²) in [6.07, 6.45) is 0. The molecule has 0 amide bonds. The van der Waals surface area contributed by atoms with E-state index in [-0.39, 0.29) is 23.0 Å². The molecule has 2 nitrogen and oxygen atoms in total. The molecule has 2 aliphatic heterocycles. The molecule has 0 atom stereocenters. The van der Waals surface area contributed by atoms with Crippen molar-refractivity contribution in [3.63, 3.8) is 0 Å². The van der Waals surface area contributed by atoms with Crippen LogP contribution >= 0.6 is 0 Å². The molecule has 0 fully saturated rings. The van der Waals surface area contributed by atoms with Crippen LogP contribution in [0.25, 0.3) is 110 Å². The predicted molar refractivity (Wildman–Crippen MR) is 410 cm³/mol. The highest BCUT2D eigenvalue weighted by Gasteiger charge is 2.46. The molecule has 0 radical (unpaired) electrons. The highest BCUT2D eigenvalue weighted by Crippen LogP contribution is 2.56. The Balaban J connectivity index is 1.05. The lowest BCUT2D eigenvalue weighted by Gasteiger charge is -2.47. The first kappa shape index (κ1) is 58.1. The van der Waals surface area contributed by atoms with Crippen LogP contribution in [0.15, 0.2) is 291 Å². The van der Waals surface area contributed by atoms with E-state index in [9.17, 15) is 0 Å². The third kappa shape index (κ3) is 9.53. The normalized spacial score (nSPS) is 13.0. The van der Waals surface area contributed by atoms with Gasteiger partial charge >= 0.3 is 0 Å². The second-order valence-corrected chi connectivity index (χ2v) is 29.6. The highest BCUT2D eigenvalue weighted by molar-refractivity contribution is 7.00. The van der Waals surface area contributed by atoms with Gasteiger partial charge in [0.15, 0.2) is 0 Å². The van der Waals surface area contributed by atoms with Gasteiger partial charge in [-0.05, 0) is 185 Å². The largest absolute Gasteiger partial charge is 0.310 e. The van der Waals surface area contributed by atoms with Crippen LogP contribution in [-0.2, 0) is 16.2 Å². The summed E-state index contributed by atoms with van der Waals surface area (Å²) in [5, 5.41) is 10.3. The zero-order chi connectivity index (χ0) is 64.6. The van der Waals surface area contributed by atoms with Gasteiger partial charge in [0.1, 0.15) is 0 Å². The fourth-order valence-corrected chi connectivity index (χ4v) is 15.8. The molecule has 95 heavy (non-hydrogen) atoms. The van der Waals surface area contributed by atoms with E-state index in [1.807, 2.05) is 0 Å². The Labute approximate surface area is 559 Å². The molecule has 0 bridgehead atoms. The molecule has 0 saturated heterocycles. The monoisotopic (exact) mass is 1220 g/mol. The van der Waals surface area contributed by atoms with E-state index in [4.69, 9.17) is 0 Å². The standard InChI is InChI=1S/C92H75BN2/c1-90(2,3)66-52-75(59-30-17-11-18-31-59)88(76(53-66)60-32-19-12-20-33-60)94-81-48-44-64(58-28-15-10-16-29-58)50-79(81)93-80-51-65(69-46-47-74-72-41-26-39-63-38-25-40-71(85(63)72)73-43-27-42-70(69)86(73)74)45-49-82(80)95(84-57-68(92(7,8)9)56-83(94)87(84)93)89-77(61-34-21-13-22-35-61)54-67(91(4,5)6)55-78(89)62-36-23-14-24-37-62/h10-57H,1-9H3. The van der Waals surface area contributed by atoms with Crippen LogP contribution in [0.3, 0.4) is 0 Å². The molecule has 17 rings (SSSR count). The first-order valence-corrected chi connectivity index (χ1v) is 33.8. The number of benzene rings is 15. The number of hydrogen-bond acceptors (Lipinski definition) is 2. The van der Waals surface area contributed by atoms with Crippen LogP contribution in [0, 0.1) is 0 Å². The first-order valence-electron chi connectivity index (χ1n) is 33.8. The molecule has 0 aromatic heterocycles. The summed E-state index contributed by atoms with van der Waals surface area (Å²) in [5.41, 5.74) is 28.3. The topological polar surface area (TPSA) is 6.48 Å². The summed E-state index contributed by atoms with van der Waals surface area (Å²) in [6, 6.07) is 111. The molecule has 456 valence electrons. The lowest BCUT2D eigenvalue weighted by Crippen LogP contribution is -2.61. The zero-order valence-electron chi connectivity index (χ0n) is 55.7. The van der Waals surface area contributed by atoms with Gasteiger partial charge in [-0.25, -0.2) is 0 Å². The molecule has 15 aromatic carbocycles. The number of rotatable bonds is 8. The van der Waals surface area contributed by atoms with Crippen molar-refractivity contribution in [2.45, 2.75) is 78.6 Å². The SMILES string of the molecule is CC(C)(C)c1cc(-c2ccccc2)c(N2c3ccc(-c4ccccc4)cc3B3c4cc(-c5ccc6c7cccc8cccc(c9cccc5c96)c87)ccc4N(c4c(-c5ccccc5)cc(C(C)(C)C)cc4-c4ccccc4)c4cc(C(C)(C)C)cc2c43)c(-c2ccccc2)c1. The van der Waals surface area contributed by atoms with Crippen molar-refractivity contribution in [2.24, 2.45) is 0 Å². The van der Waals surface area contributed by atoms with Crippen LogP contribution in [0.2, 0.25) is 0 Å². The van der Waals surface area contributed by atoms with E-state index in [0.29, 0.717) is 0 Å². The zero-order valence-corrected chi connectivity index (χ0v) is 55.7. The van der Waals surface area contributed by atoms with Gasteiger partial charge in [-0.3, -0.25) is 0 Å². The van der Waals surface area contributed by atoms with E-state index in [1.54, 1.807) is 0 Å². The minimum atomic E-state index is -0.276. The molecule has 0 N–H and O–H groups in total. The summed E-state index contributed by atoms with van der Waals surface area (Å²) in [6.45, 7) is 21.1. The average Bonchev–Trinajstić information content (AvgIpc) is 0.691. The van der Waals surface area contributed by atoms with Gasteiger partial charge < -0.3 is 9.80 Å². The third-order valence-electron chi connectivity index (χ3n) is 20.6. The van der Waals surface area contributed by atoms with Crippen LogP contribution in [0.4, 0.5) is 34.1 Å². The number of hydrogen-bond donors (Lipinski definition) is 0. The number of fused-ring (bicyclic) bond motifs is 6. The van der Waals surface area contributed by atoms with Gasteiger partial charge in [0, 0.05) is 45.0 Å². The molecule has 15 aromatic rings. The van der Waals surface area contributed by atoms with Gasteiger partial charge in [-0.1, -0.05) is 305 Å². The summed E-state index contributed by atoms with van der Waals surface area (Å²) in [7, 11) is 0. The third-order valence-corrected chi connectivity index (χ3v) is 20.6. The van der Waals surface area contributed by atoms with E-state index in [0.717, 1.165) is 11.4 Å². The molecule has 0 aliphatic carbocycles. The van der Waals surface area contributed by atoms with Crippen molar-refractivity contribution in [1.29, 1.82) is 0 Å². The van der Waals surface area contributed by atoms with Gasteiger partial charge in [0.05, 0.1) is 11.4 Å². The highest BCUT2D eigenvalue weighted by atomic mass is 15.2. The van der Waals surface area contributed by atoms with Crippen molar-refractivity contribution in [3.8, 4) is 66.8 Å². The molecule has 0 spiro atoms. The Morgan fingerprint density at radius 1 is 0.242 bits per heavy atom. The van der Waals surface area contributed by atoms with Gasteiger partial charge in [-0.2, -0.15) is 0 Å². The van der Waals surface area contributed by atoms with Gasteiger partial charge in [0.25, 0.3) is 6.71 Å². The van der Waals surface area contributed by atoms with E-state index < -0.39 is 0 Å². The van der Waals surface area contributed by atoms with Crippen LogP contribution < -0.4 is 26.2 Å². The molecule has 0 unspecified atom stereocenters.